The Morgan fingerprint density at radius 1 is 1.00 bits per heavy atom. The Labute approximate surface area is 196 Å². The van der Waals surface area contributed by atoms with E-state index in [1.54, 1.807) is 18.6 Å². The van der Waals surface area contributed by atoms with Gasteiger partial charge in [-0.15, -0.1) is 5.10 Å². The molecule has 9 nitrogen and oxygen atoms in total. The minimum atomic E-state index is 0.413. The molecule has 0 bridgehead atoms. The third-order valence-electron chi connectivity index (χ3n) is 6.46. The standard InChI is InChI=1S/C25H24N8O/c1-2-5-18(6-3-1)23-21(14-27-25-22(15-28-33(23)25)24-29-31-32-30-24)19-7-4-8-20(13-19)34-16-17-9-11-26-12-10-17/h4,7-15,18H,1-3,5-6,16H2,(H,29,30,31,32). The molecule has 0 atom stereocenters. The van der Waals surface area contributed by atoms with Crippen molar-refractivity contribution in [2.75, 3.05) is 0 Å². The summed E-state index contributed by atoms with van der Waals surface area (Å²) in [5.41, 5.74) is 5.97. The largest absolute Gasteiger partial charge is 0.489 e. The van der Waals surface area contributed by atoms with Crippen molar-refractivity contribution in [2.45, 2.75) is 44.6 Å². The van der Waals surface area contributed by atoms with Crippen LogP contribution >= 0.6 is 0 Å². The maximum absolute atomic E-state index is 6.08. The van der Waals surface area contributed by atoms with E-state index in [4.69, 9.17) is 14.8 Å². The molecule has 4 heterocycles. The number of benzene rings is 1. The van der Waals surface area contributed by atoms with Gasteiger partial charge in [0.05, 0.1) is 17.5 Å². The number of aromatic nitrogens is 8. The average molecular weight is 453 g/mol. The predicted octanol–water partition coefficient (Wildman–Crippen LogP) is 4.60. The Bertz CT molecular complexity index is 1390. The lowest BCUT2D eigenvalue weighted by molar-refractivity contribution is 0.306. The summed E-state index contributed by atoms with van der Waals surface area (Å²) >= 11 is 0. The highest BCUT2D eigenvalue weighted by Gasteiger charge is 2.25. The van der Waals surface area contributed by atoms with Crippen LogP contribution in [0.15, 0.2) is 61.2 Å². The number of pyridine rings is 1. The number of fused-ring (bicyclic) bond motifs is 1. The van der Waals surface area contributed by atoms with Gasteiger partial charge in [0.1, 0.15) is 12.4 Å². The van der Waals surface area contributed by atoms with Gasteiger partial charge in [-0.3, -0.25) is 4.98 Å². The fourth-order valence-electron chi connectivity index (χ4n) is 4.78. The molecule has 1 fully saturated rings. The summed E-state index contributed by atoms with van der Waals surface area (Å²) in [6.07, 6.45) is 13.3. The Hall–Kier alpha value is -4.14. The topological polar surface area (TPSA) is 107 Å². The summed E-state index contributed by atoms with van der Waals surface area (Å²) in [4.78, 5) is 8.86. The van der Waals surface area contributed by atoms with Gasteiger partial charge < -0.3 is 4.74 Å². The van der Waals surface area contributed by atoms with Gasteiger partial charge in [0.2, 0.25) is 0 Å². The van der Waals surface area contributed by atoms with Crippen molar-refractivity contribution in [1.82, 2.24) is 40.2 Å². The predicted molar refractivity (Wildman–Crippen MR) is 126 cm³/mol. The normalized spacial score (nSPS) is 14.5. The van der Waals surface area contributed by atoms with Gasteiger partial charge >= 0.3 is 0 Å². The first-order valence-corrected chi connectivity index (χ1v) is 11.6. The Kier molecular flexibility index (Phi) is 5.42. The molecule has 170 valence electrons. The number of H-pyrrole nitrogens is 1. The fraction of sp³-hybridized carbons (Fsp3) is 0.280. The molecule has 34 heavy (non-hydrogen) atoms. The minimum Gasteiger partial charge on any atom is -0.489 e. The molecule has 0 saturated heterocycles. The molecule has 0 spiro atoms. The van der Waals surface area contributed by atoms with Gasteiger partial charge in [-0.1, -0.05) is 31.4 Å². The zero-order valence-electron chi connectivity index (χ0n) is 18.6. The number of hydrogen-bond acceptors (Lipinski definition) is 7. The molecule has 1 saturated carbocycles. The third kappa shape index (κ3) is 3.89. The van der Waals surface area contributed by atoms with Gasteiger partial charge in [0, 0.05) is 30.1 Å². The van der Waals surface area contributed by atoms with Crippen molar-refractivity contribution in [3.05, 3.63) is 72.4 Å². The highest BCUT2D eigenvalue weighted by atomic mass is 16.5. The molecule has 1 N–H and O–H groups in total. The molecule has 5 aromatic rings. The first kappa shape index (κ1) is 20.5. The van der Waals surface area contributed by atoms with Gasteiger partial charge in [-0.2, -0.15) is 5.10 Å². The molecule has 9 heteroatoms. The number of rotatable bonds is 6. The van der Waals surface area contributed by atoms with Gasteiger partial charge in [0.25, 0.3) is 0 Å². The van der Waals surface area contributed by atoms with E-state index in [0.717, 1.165) is 46.5 Å². The zero-order chi connectivity index (χ0) is 22.7. The monoisotopic (exact) mass is 452 g/mol. The number of nitrogens with zero attached hydrogens (tertiary/aromatic N) is 7. The average Bonchev–Trinajstić information content (AvgIpc) is 3.58. The van der Waals surface area contributed by atoms with E-state index in [2.05, 4.69) is 37.7 Å². The molecule has 0 radical (unpaired) electrons. The molecule has 0 aliphatic heterocycles. The highest BCUT2D eigenvalue weighted by Crippen LogP contribution is 2.39. The van der Waals surface area contributed by atoms with Crippen LogP contribution < -0.4 is 4.74 Å². The first-order valence-electron chi connectivity index (χ1n) is 11.6. The maximum atomic E-state index is 6.08. The summed E-state index contributed by atoms with van der Waals surface area (Å²) in [6.45, 7) is 0.493. The van der Waals surface area contributed by atoms with E-state index in [1.807, 2.05) is 35.0 Å². The van der Waals surface area contributed by atoms with E-state index in [1.165, 1.54) is 25.0 Å². The lowest BCUT2D eigenvalue weighted by atomic mass is 9.84. The van der Waals surface area contributed by atoms with Crippen molar-refractivity contribution in [2.24, 2.45) is 0 Å². The SMILES string of the molecule is c1cc(OCc2ccncc2)cc(-c2cnc3c(-c4nnn[nH]4)cnn3c2C2CCCCC2)c1. The fourth-order valence-corrected chi connectivity index (χ4v) is 4.78. The van der Waals surface area contributed by atoms with Crippen LogP contribution in [0, 0.1) is 0 Å². The van der Waals surface area contributed by atoms with Crippen LogP contribution in [0.2, 0.25) is 0 Å². The van der Waals surface area contributed by atoms with E-state index >= 15 is 0 Å². The Balaban J connectivity index is 1.41. The van der Waals surface area contributed by atoms with Gasteiger partial charge in [-0.25, -0.2) is 14.6 Å². The molecule has 1 aliphatic rings. The molecular formula is C25H24N8O. The van der Waals surface area contributed by atoms with Crippen molar-refractivity contribution >= 4 is 5.65 Å². The second-order valence-electron chi connectivity index (χ2n) is 8.61. The number of ether oxygens (including phenoxy) is 1. The van der Waals surface area contributed by atoms with E-state index < -0.39 is 0 Å². The molecule has 1 aliphatic carbocycles. The van der Waals surface area contributed by atoms with Gasteiger partial charge in [0.15, 0.2) is 11.5 Å². The summed E-state index contributed by atoms with van der Waals surface area (Å²) in [5.74, 6) is 1.80. The summed E-state index contributed by atoms with van der Waals surface area (Å²) in [6, 6.07) is 12.1. The van der Waals surface area contributed by atoms with Crippen LogP contribution in [0.5, 0.6) is 5.75 Å². The highest BCUT2D eigenvalue weighted by molar-refractivity contribution is 5.75. The lowest BCUT2D eigenvalue weighted by Crippen LogP contribution is -2.12. The van der Waals surface area contributed by atoms with Crippen LogP contribution in [0.25, 0.3) is 28.2 Å². The molecule has 1 aromatic carbocycles. The van der Waals surface area contributed by atoms with Crippen molar-refractivity contribution in [1.29, 1.82) is 0 Å². The maximum Gasteiger partial charge on any atom is 0.184 e. The second kappa shape index (κ2) is 9.01. The first-order chi connectivity index (χ1) is 16.9. The summed E-state index contributed by atoms with van der Waals surface area (Å²) < 4.78 is 8.06. The van der Waals surface area contributed by atoms with Crippen molar-refractivity contribution in [3.63, 3.8) is 0 Å². The van der Waals surface area contributed by atoms with Crippen LogP contribution in [0.3, 0.4) is 0 Å². The number of hydrogen-bond donors (Lipinski definition) is 1. The van der Waals surface area contributed by atoms with E-state index in [-0.39, 0.29) is 0 Å². The van der Waals surface area contributed by atoms with Crippen LogP contribution in [-0.2, 0) is 6.61 Å². The Morgan fingerprint density at radius 2 is 1.88 bits per heavy atom. The van der Waals surface area contributed by atoms with Crippen molar-refractivity contribution < 1.29 is 4.74 Å². The smallest absolute Gasteiger partial charge is 0.184 e. The quantitative estimate of drug-likeness (QED) is 0.401. The number of nitrogens with one attached hydrogen (secondary N) is 1. The molecule has 4 aromatic heterocycles. The minimum absolute atomic E-state index is 0.413. The van der Waals surface area contributed by atoms with Crippen LogP contribution in [-0.4, -0.2) is 40.2 Å². The number of aromatic amines is 1. The van der Waals surface area contributed by atoms with Crippen LogP contribution in [0.4, 0.5) is 0 Å². The molecule has 6 rings (SSSR count). The lowest BCUT2D eigenvalue weighted by Gasteiger charge is -2.25. The number of tetrazole rings is 1. The second-order valence-corrected chi connectivity index (χ2v) is 8.61. The van der Waals surface area contributed by atoms with Gasteiger partial charge in [-0.05, 0) is 58.7 Å². The summed E-state index contributed by atoms with van der Waals surface area (Å²) in [7, 11) is 0. The van der Waals surface area contributed by atoms with Crippen molar-refractivity contribution in [3.8, 4) is 28.3 Å². The molecule has 0 amide bonds. The zero-order valence-corrected chi connectivity index (χ0v) is 18.6. The Morgan fingerprint density at radius 3 is 2.71 bits per heavy atom. The molecule has 0 unspecified atom stereocenters. The third-order valence-corrected chi connectivity index (χ3v) is 6.46. The van der Waals surface area contributed by atoms with E-state index in [9.17, 15) is 0 Å². The molecular weight excluding hydrogens is 428 g/mol. The summed E-state index contributed by atoms with van der Waals surface area (Å²) in [5, 5.41) is 19.0. The van der Waals surface area contributed by atoms with Crippen LogP contribution in [0.1, 0.15) is 49.3 Å². The van der Waals surface area contributed by atoms with E-state index in [0.29, 0.717) is 18.3 Å².